The third-order valence-electron chi connectivity index (χ3n) is 0.879. The lowest BCUT2D eigenvalue weighted by Crippen LogP contribution is -2.00. The predicted molar refractivity (Wildman–Crippen MR) is 45.8 cm³/mol. The number of hydrogen-bond donors (Lipinski definition) is 3. The van der Waals surface area contributed by atoms with Crippen molar-refractivity contribution in [1.29, 1.82) is 0 Å². The van der Waals surface area contributed by atoms with Gasteiger partial charge in [-0.1, -0.05) is 18.2 Å². The lowest BCUT2D eigenvalue weighted by atomic mass is 10.3. The fraction of sp³-hybridized carbons (Fsp3) is 0. The zero-order chi connectivity index (χ0) is 9.40. The van der Waals surface area contributed by atoms with Gasteiger partial charge in [-0.3, -0.25) is 0 Å². The van der Waals surface area contributed by atoms with Crippen molar-refractivity contribution in [2.24, 2.45) is 11.0 Å². The molecule has 0 aliphatic rings. The van der Waals surface area contributed by atoms with E-state index in [1.807, 2.05) is 18.2 Å². The zero-order valence-corrected chi connectivity index (χ0v) is 7.11. The summed E-state index contributed by atoms with van der Waals surface area (Å²) >= 11 is 0. The van der Waals surface area contributed by atoms with Crippen LogP contribution >= 0.6 is 0 Å². The average Bonchev–Trinajstić information content (AvgIpc) is 2.05. The lowest BCUT2D eigenvalue weighted by Gasteiger charge is -1.92. The third kappa shape index (κ3) is 7.00. The van der Waals surface area contributed by atoms with Gasteiger partial charge in [0.15, 0.2) is 10.9 Å². The molecular formula is C6H10N2O3S. The monoisotopic (exact) mass is 190 g/mol. The molecule has 12 heavy (non-hydrogen) atoms. The number of nitrogens with two attached hydrogens (primary N) is 2. The molecule has 0 aliphatic heterocycles. The first kappa shape index (κ1) is 10.9. The molecule has 0 aliphatic carbocycles. The Morgan fingerprint density at radius 2 is 1.58 bits per heavy atom. The Morgan fingerprint density at radius 3 is 1.83 bits per heavy atom. The maximum atomic E-state index is 8.81. The van der Waals surface area contributed by atoms with E-state index in [4.69, 9.17) is 14.3 Å². The molecule has 4 N–H and O–H groups in total. The minimum atomic E-state index is -2.62. The highest BCUT2D eigenvalue weighted by molar-refractivity contribution is 7.69. The van der Waals surface area contributed by atoms with E-state index in [1.54, 1.807) is 12.1 Å². The van der Waals surface area contributed by atoms with Gasteiger partial charge in [-0.2, -0.15) is 5.90 Å². The molecule has 1 aromatic carbocycles. The highest BCUT2D eigenvalue weighted by atomic mass is 32.2. The van der Waals surface area contributed by atoms with Gasteiger partial charge < -0.3 is 4.84 Å². The molecule has 0 atom stereocenters. The van der Waals surface area contributed by atoms with E-state index in [1.165, 1.54) is 0 Å². The Morgan fingerprint density at radius 1 is 1.17 bits per heavy atom. The molecule has 0 amide bonds. The predicted octanol–water partition coefficient (Wildman–Crippen LogP) is -0.589. The maximum absolute atomic E-state index is 8.81. The largest absolute Gasteiger partial charge is 0.412 e. The Bertz CT molecular complexity index is 265. The van der Waals surface area contributed by atoms with Crippen LogP contribution in [0.1, 0.15) is 0 Å². The molecule has 0 unspecified atom stereocenters. The summed E-state index contributed by atoms with van der Waals surface area (Å²) in [7, 11) is -2.62. The van der Waals surface area contributed by atoms with E-state index in [9.17, 15) is 0 Å². The van der Waals surface area contributed by atoms with Crippen LogP contribution in [0, 0.1) is 0 Å². The Hall–Kier alpha value is -1.11. The van der Waals surface area contributed by atoms with Crippen LogP contribution < -0.4 is 15.9 Å². The molecule has 6 heteroatoms. The fourth-order valence-electron chi connectivity index (χ4n) is 0.499. The number of rotatable bonds is 1. The summed E-state index contributed by atoms with van der Waals surface area (Å²) in [4.78, 5) is 4.41. The van der Waals surface area contributed by atoms with E-state index in [0.29, 0.717) is 5.75 Å². The van der Waals surface area contributed by atoms with E-state index in [2.05, 4.69) is 9.98 Å². The van der Waals surface area contributed by atoms with Crippen LogP contribution in [-0.2, 0) is 10.9 Å². The summed E-state index contributed by atoms with van der Waals surface area (Å²) in [6, 6.07) is 9.22. The molecule has 0 fully saturated rings. The van der Waals surface area contributed by atoms with Gasteiger partial charge in [0.25, 0.3) is 0 Å². The van der Waals surface area contributed by atoms with Crippen LogP contribution in [0.15, 0.2) is 30.3 Å². The van der Waals surface area contributed by atoms with E-state index in [0.717, 1.165) is 0 Å². The standard InChI is InChI=1S/C6H7NO.H3NO2S/c7-8-6-4-2-1-3-5-6;1-4(2)3/h1-5H,7H2;4H,(H2,1,2,3). The van der Waals surface area contributed by atoms with Gasteiger partial charge in [0.2, 0.25) is 0 Å². The molecule has 0 aromatic heterocycles. The van der Waals surface area contributed by atoms with Gasteiger partial charge >= 0.3 is 0 Å². The average molecular weight is 190 g/mol. The normalized spacial score (nSPS) is 8.58. The van der Waals surface area contributed by atoms with Crippen LogP contribution in [0.5, 0.6) is 5.75 Å². The smallest absolute Gasteiger partial charge is 0.198 e. The lowest BCUT2D eigenvalue weighted by molar-refractivity contribution is 0.334. The third-order valence-corrected chi connectivity index (χ3v) is 0.879. The molecule has 0 saturated carbocycles. The summed E-state index contributed by atoms with van der Waals surface area (Å²) in [5, 5.41) is 4.06. The van der Waals surface area contributed by atoms with Crippen LogP contribution in [0.4, 0.5) is 0 Å². The van der Waals surface area contributed by atoms with Crippen LogP contribution in [-0.4, -0.2) is 8.42 Å². The second kappa shape index (κ2) is 6.59. The van der Waals surface area contributed by atoms with Crippen molar-refractivity contribution in [3.8, 4) is 5.75 Å². The molecule has 0 heterocycles. The Labute approximate surface area is 72.0 Å². The molecule has 68 valence electrons. The summed E-state index contributed by atoms with van der Waals surface area (Å²) in [6.07, 6.45) is 0. The Kier molecular flexibility index (Phi) is 5.98. The van der Waals surface area contributed by atoms with Gasteiger partial charge in [0, 0.05) is 0 Å². The molecule has 0 spiro atoms. The maximum Gasteiger partial charge on any atom is 0.198 e. The second-order valence-electron chi connectivity index (χ2n) is 1.72. The van der Waals surface area contributed by atoms with Gasteiger partial charge in [0.05, 0.1) is 0 Å². The SMILES string of the molecule is NOc1ccccc1.N[SH](=O)=O. The van der Waals surface area contributed by atoms with Crippen LogP contribution in [0.25, 0.3) is 0 Å². The van der Waals surface area contributed by atoms with E-state index < -0.39 is 10.9 Å². The van der Waals surface area contributed by atoms with Crippen molar-refractivity contribution in [1.82, 2.24) is 0 Å². The minimum Gasteiger partial charge on any atom is -0.412 e. The first-order valence-electron chi connectivity index (χ1n) is 2.97. The molecule has 1 rings (SSSR count). The van der Waals surface area contributed by atoms with Crippen molar-refractivity contribution >= 4 is 10.9 Å². The fourth-order valence-corrected chi connectivity index (χ4v) is 0.499. The zero-order valence-electron chi connectivity index (χ0n) is 6.21. The molecule has 1 aromatic rings. The second-order valence-corrected chi connectivity index (χ2v) is 2.29. The summed E-state index contributed by atoms with van der Waals surface area (Å²) in [5.41, 5.74) is 0. The quantitative estimate of drug-likeness (QED) is 0.407. The Balaban J connectivity index is 0.000000261. The van der Waals surface area contributed by atoms with Crippen LogP contribution in [0.3, 0.4) is 0 Å². The van der Waals surface area contributed by atoms with Gasteiger partial charge in [-0.05, 0) is 12.1 Å². The summed E-state index contributed by atoms with van der Waals surface area (Å²) in [6.45, 7) is 0. The summed E-state index contributed by atoms with van der Waals surface area (Å²) < 4.78 is 17.6. The minimum absolute atomic E-state index is 0.688. The van der Waals surface area contributed by atoms with Crippen molar-refractivity contribution in [3.05, 3.63) is 30.3 Å². The van der Waals surface area contributed by atoms with Gasteiger partial charge in [-0.25, -0.2) is 13.6 Å². The molecule has 5 nitrogen and oxygen atoms in total. The number of benzene rings is 1. The van der Waals surface area contributed by atoms with E-state index >= 15 is 0 Å². The van der Waals surface area contributed by atoms with Crippen molar-refractivity contribution in [2.75, 3.05) is 0 Å². The number of hydrogen-bond acceptors (Lipinski definition) is 4. The topological polar surface area (TPSA) is 95.4 Å². The first-order chi connectivity index (χ1) is 5.66. The molecule has 0 radical (unpaired) electrons. The van der Waals surface area contributed by atoms with E-state index in [-0.39, 0.29) is 0 Å². The van der Waals surface area contributed by atoms with Gasteiger partial charge in [-0.15, -0.1) is 0 Å². The molecule has 0 bridgehead atoms. The van der Waals surface area contributed by atoms with Crippen molar-refractivity contribution in [3.63, 3.8) is 0 Å². The summed E-state index contributed by atoms with van der Waals surface area (Å²) in [5.74, 6) is 5.54. The molecular weight excluding hydrogens is 180 g/mol. The van der Waals surface area contributed by atoms with Crippen LogP contribution in [0.2, 0.25) is 0 Å². The molecule has 0 saturated heterocycles. The first-order valence-corrected chi connectivity index (χ1v) is 4.22. The van der Waals surface area contributed by atoms with Crippen molar-refractivity contribution < 1.29 is 13.3 Å². The van der Waals surface area contributed by atoms with Gasteiger partial charge in [0.1, 0.15) is 5.75 Å². The highest BCUT2D eigenvalue weighted by Gasteiger charge is 1.81. The van der Waals surface area contributed by atoms with Crippen molar-refractivity contribution in [2.45, 2.75) is 0 Å². The highest BCUT2D eigenvalue weighted by Crippen LogP contribution is 2.04. The number of para-hydroxylation sites is 1. The number of thiol groups is 1.